The molecule has 0 bridgehead atoms. The molecule has 1 N–H and O–H groups in total. The minimum Gasteiger partial charge on any atom is -0.493 e. The van der Waals surface area contributed by atoms with Crippen LogP contribution in [0.15, 0.2) is 24.3 Å². The zero-order valence-corrected chi connectivity index (χ0v) is 7.66. The van der Waals surface area contributed by atoms with E-state index < -0.39 is 0 Å². The standard InChI is InChI=1S/C11H11FO2/c12-9-1-2-10-8(3-5-13)4-6-14-11(10)7-9/h1-3,7,13H,4-6H2/b8-3+. The third-order valence-corrected chi connectivity index (χ3v) is 2.26. The molecule has 1 aromatic carbocycles. The summed E-state index contributed by atoms with van der Waals surface area (Å²) in [5, 5.41) is 8.81. The number of rotatable bonds is 1. The smallest absolute Gasteiger partial charge is 0.129 e. The normalized spacial score (nSPS) is 17.7. The maximum absolute atomic E-state index is 12.9. The Bertz CT molecular complexity index is 372. The summed E-state index contributed by atoms with van der Waals surface area (Å²) in [7, 11) is 0. The first-order valence-electron chi connectivity index (χ1n) is 4.54. The highest BCUT2D eigenvalue weighted by molar-refractivity contribution is 5.72. The monoisotopic (exact) mass is 194 g/mol. The molecule has 0 unspecified atom stereocenters. The van der Waals surface area contributed by atoms with Crippen molar-refractivity contribution < 1.29 is 14.2 Å². The van der Waals surface area contributed by atoms with Crippen molar-refractivity contribution in [1.29, 1.82) is 0 Å². The molecule has 0 amide bonds. The van der Waals surface area contributed by atoms with Crippen LogP contribution in [0.4, 0.5) is 4.39 Å². The zero-order chi connectivity index (χ0) is 9.97. The summed E-state index contributed by atoms with van der Waals surface area (Å²) in [6.07, 6.45) is 2.50. The van der Waals surface area contributed by atoms with Gasteiger partial charge in [0.05, 0.1) is 13.2 Å². The van der Waals surface area contributed by atoms with E-state index in [0.29, 0.717) is 12.4 Å². The third-order valence-electron chi connectivity index (χ3n) is 2.26. The molecule has 0 atom stereocenters. The molecule has 2 nitrogen and oxygen atoms in total. The lowest BCUT2D eigenvalue weighted by Gasteiger charge is -2.19. The van der Waals surface area contributed by atoms with E-state index in [1.54, 1.807) is 12.1 Å². The molecule has 0 saturated heterocycles. The van der Waals surface area contributed by atoms with Gasteiger partial charge in [0.1, 0.15) is 11.6 Å². The van der Waals surface area contributed by atoms with Gasteiger partial charge in [-0.25, -0.2) is 4.39 Å². The summed E-state index contributed by atoms with van der Waals surface area (Å²) >= 11 is 0. The van der Waals surface area contributed by atoms with E-state index in [1.807, 2.05) is 0 Å². The molecule has 14 heavy (non-hydrogen) atoms. The third kappa shape index (κ3) is 1.63. The molecule has 1 aliphatic heterocycles. The van der Waals surface area contributed by atoms with Gasteiger partial charge >= 0.3 is 0 Å². The van der Waals surface area contributed by atoms with Crippen LogP contribution in [0, 0.1) is 5.82 Å². The van der Waals surface area contributed by atoms with Crippen LogP contribution in [-0.2, 0) is 0 Å². The van der Waals surface area contributed by atoms with Gasteiger partial charge in [-0.15, -0.1) is 0 Å². The van der Waals surface area contributed by atoms with Gasteiger partial charge in [-0.3, -0.25) is 0 Å². The van der Waals surface area contributed by atoms with Crippen LogP contribution in [0.3, 0.4) is 0 Å². The molecule has 0 spiro atoms. The SMILES string of the molecule is OC/C=C1\CCOc2cc(F)ccc21. The summed E-state index contributed by atoms with van der Waals surface area (Å²) < 4.78 is 18.2. The van der Waals surface area contributed by atoms with Gasteiger partial charge in [-0.1, -0.05) is 6.08 Å². The highest BCUT2D eigenvalue weighted by atomic mass is 19.1. The summed E-state index contributed by atoms with van der Waals surface area (Å²) in [5.41, 5.74) is 1.90. The van der Waals surface area contributed by atoms with Gasteiger partial charge in [0.25, 0.3) is 0 Å². The lowest BCUT2D eigenvalue weighted by molar-refractivity contribution is 0.312. The Labute approximate surface area is 81.6 Å². The first-order valence-corrected chi connectivity index (χ1v) is 4.54. The first kappa shape index (κ1) is 9.21. The average molecular weight is 194 g/mol. The molecule has 3 heteroatoms. The van der Waals surface area contributed by atoms with Crippen molar-refractivity contribution in [3.63, 3.8) is 0 Å². The molecule has 0 fully saturated rings. The zero-order valence-electron chi connectivity index (χ0n) is 7.66. The molecule has 1 aromatic rings. The van der Waals surface area contributed by atoms with Crippen molar-refractivity contribution >= 4 is 5.57 Å². The number of fused-ring (bicyclic) bond motifs is 1. The van der Waals surface area contributed by atoms with E-state index in [2.05, 4.69) is 0 Å². The Morgan fingerprint density at radius 2 is 2.36 bits per heavy atom. The summed E-state index contributed by atoms with van der Waals surface area (Å²) in [5.74, 6) is 0.268. The molecule has 1 heterocycles. The average Bonchev–Trinajstić information content (AvgIpc) is 2.18. The summed E-state index contributed by atoms with van der Waals surface area (Å²) in [4.78, 5) is 0. The Balaban J connectivity index is 2.45. The summed E-state index contributed by atoms with van der Waals surface area (Å²) in [6.45, 7) is 0.550. The molecule has 0 aromatic heterocycles. The lowest BCUT2D eigenvalue weighted by Crippen LogP contribution is -2.08. The second kappa shape index (κ2) is 3.80. The molecule has 0 radical (unpaired) electrons. The van der Waals surface area contributed by atoms with Gasteiger partial charge < -0.3 is 9.84 Å². The second-order valence-corrected chi connectivity index (χ2v) is 3.15. The highest BCUT2D eigenvalue weighted by Gasteiger charge is 2.15. The van der Waals surface area contributed by atoms with Crippen LogP contribution >= 0.6 is 0 Å². The van der Waals surface area contributed by atoms with E-state index in [0.717, 1.165) is 17.6 Å². The van der Waals surface area contributed by atoms with E-state index in [-0.39, 0.29) is 12.4 Å². The molecule has 2 rings (SSSR count). The Kier molecular flexibility index (Phi) is 2.50. The van der Waals surface area contributed by atoms with Crippen LogP contribution < -0.4 is 4.74 Å². The maximum Gasteiger partial charge on any atom is 0.129 e. The predicted molar refractivity (Wildman–Crippen MR) is 51.6 cm³/mol. The Morgan fingerprint density at radius 3 is 3.14 bits per heavy atom. The molecule has 0 aliphatic carbocycles. The van der Waals surface area contributed by atoms with Gasteiger partial charge in [-0.05, 0) is 17.7 Å². The number of aliphatic hydroxyl groups is 1. The van der Waals surface area contributed by atoms with Crippen molar-refractivity contribution in [2.75, 3.05) is 13.2 Å². The van der Waals surface area contributed by atoms with Crippen molar-refractivity contribution in [2.45, 2.75) is 6.42 Å². The second-order valence-electron chi connectivity index (χ2n) is 3.15. The van der Waals surface area contributed by atoms with E-state index >= 15 is 0 Å². The molecule has 1 aliphatic rings. The van der Waals surface area contributed by atoms with Crippen molar-refractivity contribution in [1.82, 2.24) is 0 Å². The topological polar surface area (TPSA) is 29.5 Å². The largest absolute Gasteiger partial charge is 0.493 e. The van der Waals surface area contributed by atoms with Crippen molar-refractivity contribution in [2.24, 2.45) is 0 Å². The predicted octanol–water partition coefficient (Wildman–Crippen LogP) is 1.98. The van der Waals surface area contributed by atoms with Crippen LogP contribution in [0.5, 0.6) is 5.75 Å². The van der Waals surface area contributed by atoms with Gasteiger partial charge in [-0.2, -0.15) is 0 Å². The maximum atomic E-state index is 12.9. The number of hydrogen-bond acceptors (Lipinski definition) is 2. The number of halogens is 1. The molecular formula is C11H11FO2. The number of hydrogen-bond donors (Lipinski definition) is 1. The molecular weight excluding hydrogens is 183 g/mol. The van der Waals surface area contributed by atoms with Crippen LogP contribution in [0.1, 0.15) is 12.0 Å². The fraction of sp³-hybridized carbons (Fsp3) is 0.273. The van der Waals surface area contributed by atoms with Gasteiger partial charge in [0.2, 0.25) is 0 Å². The van der Waals surface area contributed by atoms with E-state index in [1.165, 1.54) is 12.1 Å². The number of ether oxygens (including phenoxy) is 1. The Morgan fingerprint density at radius 1 is 1.50 bits per heavy atom. The van der Waals surface area contributed by atoms with Gasteiger partial charge in [0.15, 0.2) is 0 Å². The van der Waals surface area contributed by atoms with Crippen LogP contribution in [0.25, 0.3) is 5.57 Å². The minimum atomic E-state index is -0.297. The minimum absolute atomic E-state index is 0.00610. The quantitative estimate of drug-likeness (QED) is 0.740. The summed E-state index contributed by atoms with van der Waals surface area (Å²) in [6, 6.07) is 4.46. The number of benzene rings is 1. The van der Waals surface area contributed by atoms with E-state index in [9.17, 15) is 4.39 Å². The molecule has 74 valence electrons. The van der Waals surface area contributed by atoms with Gasteiger partial charge in [0, 0.05) is 18.1 Å². The van der Waals surface area contributed by atoms with E-state index in [4.69, 9.17) is 9.84 Å². The Hall–Kier alpha value is -1.35. The van der Waals surface area contributed by atoms with Crippen LogP contribution in [0.2, 0.25) is 0 Å². The molecule has 0 saturated carbocycles. The lowest BCUT2D eigenvalue weighted by atomic mass is 9.99. The first-order chi connectivity index (χ1) is 6.81. The fourth-order valence-electron chi connectivity index (χ4n) is 1.61. The van der Waals surface area contributed by atoms with Crippen molar-refractivity contribution in [3.8, 4) is 5.75 Å². The van der Waals surface area contributed by atoms with Crippen molar-refractivity contribution in [3.05, 3.63) is 35.7 Å². The highest BCUT2D eigenvalue weighted by Crippen LogP contribution is 2.32. The van der Waals surface area contributed by atoms with Crippen LogP contribution in [-0.4, -0.2) is 18.3 Å². The fourth-order valence-corrected chi connectivity index (χ4v) is 1.61. The number of aliphatic hydroxyl groups excluding tert-OH is 1.